The Balaban J connectivity index is 0. The first-order valence-electron chi connectivity index (χ1n) is 4.84. The SMILES string of the molecule is C1CCOC1.C=C(Br)CBr.C=C(Br)CC. The summed E-state index contributed by atoms with van der Waals surface area (Å²) in [5, 5.41) is 0.840. The standard InChI is InChI=1S/C4H7Br.C4H8O.C3H4Br2/c1-3-4(2)5;1-2-4-5-3-1;1-3(5)2-4/h2-3H2,1H3;1-4H2;1-2H2. The van der Waals surface area contributed by atoms with Crippen LogP contribution in [0.2, 0.25) is 0 Å². The lowest BCUT2D eigenvalue weighted by Gasteiger charge is -1.76. The van der Waals surface area contributed by atoms with Crippen molar-refractivity contribution in [3.8, 4) is 0 Å². The van der Waals surface area contributed by atoms with Gasteiger partial charge in [0.1, 0.15) is 0 Å². The van der Waals surface area contributed by atoms with Crippen LogP contribution in [0.4, 0.5) is 0 Å². The summed E-state index contributed by atoms with van der Waals surface area (Å²) in [6, 6.07) is 0. The summed E-state index contributed by atoms with van der Waals surface area (Å²) in [7, 11) is 0. The molecule has 0 amide bonds. The predicted octanol–water partition coefficient (Wildman–Crippen LogP) is 5.39. The largest absolute Gasteiger partial charge is 0.381 e. The molecule has 0 saturated carbocycles. The predicted molar refractivity (Wildman–Crippen MR) is 80.3 cm³/mol. The Kier molecular flexibility index (Phi) is 18.1. The van der Waals surface area contributed by atoms with Crippen LogP contribution in [0, 0.1) is 0 Å². The summed E-state index contributed by atoms with van der Waals surface area (Å²) in [6.45, 7) is 11.2. The fraction of sp³-hybridized carbons (Fsp3) is 0.636. The van der Waals surface area contributed by atoms with E-state index in [1.807, 2.05) is 0 Å². The van der Waals surface area contributed by atoms with Gasteiger partial charge >= 0.3 is 0 Å². The van der Waals surface area contributed by atoms with Gasteiger partial charge in [0, 0.05) is 18.5 Å². The van der Waals surface area contributed by atoms with E-state index in [-0.39, 0.29) is 0 Å². The second-order valence-corrected chi connectivity index (χ2v) is 5.64. The van der Waals surface area contributed by atoms with Crippen molar-refractivity contribution in [2.45, 2.75) is 26.2 Å². The highest BCUT2D eigenvalue weighted by Gasteiger charge is 1.94. The second-order valence-electron chi connectivity index (χ2n) is 2.84. The third-order valence-corrected chi connectivity index (χ3v) is 3.63. The van der Waals surface area contributed by atoms with Crippen LogP contribution in [0.15, 0.2) is 22.1 Å². The number of hydrogen-bond donors (Lipinski definition) is 0. The molecule has 0 atom stereocenters. The van der Waals surface area contributed by atoms with Crippen LogP contribution < -0.4 is 0 Å². The molecule has 1 heterocycles. The Morgan fingerprint density at radius 2 is 1.47 bits per heavy atom. The smallest absolute Gasteiger partial charge is 0.0466 e. The van der Waals surface area contributed by atoms with E-state index in [9.17, 15) is 0 Å². The molecule has 1 fully saturated rings. The van der Waals surface area contributed by atoms with Crippen molar-refractivity contribution < 1.29 is 4.74 Å². The summed E-state index contributed by atoms with van der Waals surface area (Å²) < 4.78 is 7.00. The maximum absolute atomic E-state index is 4.94. The van der Waals surface area contributed by atoms with Gasteiger partial charge in [-0.25, -0.2) is 0 Å². The lowest BCUT2D eigenvalue weighted by Crippen LogP contribution is -1.74. The van der Waals surface area contributed by atoms with Gasteiger partial charge in [-0.2, -0.15) is 0 Å². The number of rotatable bonds is 2. The van der Waals surface area contributed by atoms with Crippen LogP contribution in [-0.4, -0.2) is 18.5 Å². The van der Waals surface area contributed by atoms with E-state index >= 15 is 0 Å². The second kappa shape index (κ2) is 14.9. The normalized spacial score (nSPS) is 13.1. The molecule has 0 aliphatic carbocycles. The monoisotopic (exact) mass is 404 g/mol. The fourth-order valence-corrected chi connectivity index (χ4v) is 0.510. The molecule has 90 valence electrons. The zero-order valence-electron chi connectivity index (χ0n) is 9.20. The lowest BCUT2D eigenvalue weighted by molar-refractivity contribution is 0.198. The van der Waals surface area contributed by atoms with E-state index in [0.717, 1.165) is 33.9 Å². The lowest BCUT2D eigenvalue weighted by atomic mass is 10.4. The Bertz CT molecular complexity index is 144. The fourth-order valence-electron chi connectivity index (χ4n) is 0.510. The molecule has 1 rings (SSSR count). The molecule has 1 nitrogen and oxygen atoms in total. The topological polar surface area (TPSA) is 9.23 Å². The van der Waals surface area contributed by atoms with Crippen LogP contribution in [0.25, 0.3) is 0 Å². The van der Waals surface area contributed by atoms with E-state index in [4.69, 9.17) is 4.74 Å². The molecule has 15 heavy (non-hydrogen) atoms. The molecule has 0 aromatic heterocycles. The minimum Gasteiger partial charge on any atom is -0.381 e. The molecule has 0 spiro atoms. The Morgan fingerprint density at radius 3 is 1.53 bits per heavy atom. The maximum atomic E-state index is 4.94. The van der Waals surface area contributed by atoms with Crippen molar-refractivity contribution in [2.75, 3.05) is 18.5 Å². The first-order chi connectivity index (χ1) is 7.04. The number of allylic oxidation sites excluding steroid dienone is 2. The van der Waals surface area contributed by atoms with Crippen LogP contribution in [0.3, 0.4) is 0 Å². The quantitative estimate of drug-likeness (QED) is 0.558. The minimum absolute atomic E-state index is 0.840. The third-order valence-electron chi connectivity index (χ3n) is 1.36. The van der Waals surface area contributed by atoms with E-state index in [1.165, 1.54) is 12.8 Å². The molecular formula is C11H19Br3O. The van der Waals surface area contributed by atoms with Gasteiger partial charge in [-0.3, -0.25) is 0 Å². The van der Waals surface area contributed by atoms with Gasteiger partial charge in [-0.15, -0.1) is 0 Å². The summed E-state index contributed by atoms with van der Waals surface area (Å²) in [6.07, 6.45) is 3.58. The van der Waals surface area contributed by atoms with Gasteiger partial charge < -0.3 is 4.74 Å². The van der Waals surface area contributed by atoms with E-state index in [2.05, 4.69) is 67.9 Å². The van der Waals surface area contributed by atoms with Gasteiger partial charge in [-0.05, 0) is 28.2 Å². The van der Waals surface area contributed by atoms with Crippen molar-refractivity contribution in [1.82, 2.24) is 0 Å². The average molecular weight is 407 g/mol. The Hall–Kier alpha value is 0.880. The average Bonchev–Trinajstić information content (AvgIpc) is 2.76. The van der Waals surface area contributed by atoms with Crippen LogP contribution in [0.5, 0.6) is 0 Å². The highest BCUT2D eigenvalue weighted by atomic mass is 79.9. The van der Waals surface area contributed by atoms with Gasteiger partial charge in [0.05, 0.1) is 0 Å². The van der Waals surface area contributed by atoms with E-state index in [0.29, 0.717) is 0 Å². The molecule has 0 unspecified atom stereocenters. The Morgan fingerprint density at radius 1 is 1.13 bits per heavy atom. The summed E-state index contributed by atoms with van der Waals surface area (Å²) >= 11 is 9.48. The first kappa shape index (κ1) is 18.3. The summed E-state index contributed by atoms with van der Waals surface area (Å²) in [5.74, 6) is 0. The van der Waals surface area contributed by atoms with Crippen LogP contribution in [-0.2, 0) is 4.74 Å². The molecule has 1 saturated heterocycles. The number of halogens is 3. The number of alkyl halides is 1. The molecule has 4 heteroatoms. The molecule has 0 radical (unpaired) electrons. The summed E-state index contributed by atoms with van der Waals surface area (Å²) in [4.78, 5) is 0. The van der Waals surface area contributed by atoms with Crippen molar-refractivity contribution in [2.24, 2.45) is 0 Å². The zero-order valence-corrected chi connectivity index (χ0v) is 14.0. The Labute approximate surface area is 119 Å². The van der Waals surface area contributed by atoms with Crippen LogP contribution in [0.1, 0.15) is 26.2 Å². The molecule has 0 bridgehead atoms. The molecule has 0 N–H and O–H groups in total. The summed E-state index contributed by atoms with van der Waals surface area (Å²) in [5.41, 5.74) is 0. The van der Waals surface area contributed by atoms with Gasteiger partial charge in [0.25, 0.3) is 0 Å². The molecule has 1 aliphatic heterocycles. The van der Waals surface area contributed by atoms with Crippen molar-refractivity contribution in [3.63, 3.8) is 0 Å². The molecule has 1 aliphatic rings. The van der Waals surface area contributed by atoms with E-state index in [1.54, 1.807) is 0 Å². The minimum atomic E-state index is 0.840. The third kappa shape index (κ3) is 25.3. The molecule has 0 aromatic carbocycles. The zero-order chi connectivity index (χ0) is 12.1. The maximum Gasteiger partial charge on any atom is 0.0466 e. The molecule has 0 aromatic rings. The number of hydrogen-bond acceptors (Lipinski definition) is 1. The first-order valence-corrected chi connectivity index (χ1v) is 7.55. The molecular weight excluding hydrogens is 388 g/mol. The van der Waals surface area contributed by atoms with Crippen molar-refractivity contribution in [3.05, 3.63) is 22.1 Å². The van der Waals surface area contributed by atoms with Crippen molar-refractivity contribution >= 4 is 47.8 Å². The van der Waals surface area contributed by atoms with Gasteiger partial charge in [0.15, 0.2) is 0 Å². The van der Waals surface area contributed by atoms with Crippen molar-refractivity contribution in [1.29, 1.82) is 0 Å². The van der Waals surface area contributed by atoms with E-state index < -0.39 is 0 Å². The van der Waals surface area contributed by atoms with Crippen LogP contribution >= 0.6 is 47.8 Å². The number of ether oxygens (including phenoxy) is 1. The van der Waals surface area contributed by atoms with Gasteiger partial charge in [-0.1, -0.05) is 67.9 Å². The van der Waals surface area contributed by atoms with Gasteiger partial charge in [0.2, 0.25) is 0 Å². The highest BCUT2D eigenvalue weighted by molar-refractivity contribution is 9.13. The highest BCUT2D eigenvalue weighted by Crippen LogP contribution is 2.02.